The molecule has 1 fully saturated rings. The van der Waals surface area contributed by atoms with Gasteiger partial charge in [-0.2, -0.15) is 13.2 Å². The lowest BCUT2D eigenvalue weighted by atomic mass is 10.0. The van der Waals surface area contributed by atoms with E-state index in [1.807, 2.05) is 60.7 Å². The maximum Gasteiger partial charge on any atom is 0.416 e. The number of carbonyl (C=O) groups excluding carboxylic acids is 1. The lowest BCUT2D eigenvalue weighted by molar-refractivity contribution is -0.137. The summed E-state index contributed by atoms with van der Waals surface area (Å²) < 4.78 is 64.9. The van der Waals surface area contributed by atoms with Crippen LogP contribution in [0.4, 0.5) is 23.8 Å². The zero-order valence-corrected chi connectivity index (χ0v) is 32.7. The van der Waals surface area contributed by atoms with E-state index < -0.39 is 25.9 Å². The standard InChI is InChI=1S/C39H46F3N5O5SSi/c1-27-20-30(39(40,41)42)21-33(52-26-49-18-19-54(2,3)4)34(27)32-22-43-36(50-24-28-12-7-5-8-13-28)35(45-32)46-37(53)44-31-16-11-17-47(23-31)38(48)51-25-29-14-9-6-10-15-29/h5-10,12-15,20-22,31H,11,16-19,23-26H2,1-4H3,(H2,44,45,46,53)/t31-/m1/s1. The van der Waals surface area contributed by atoms with Crippen molar-refractivity contribution in [1.29, 1.82) is 0 Å². The summed E-state index contributed by atoms with van der Waals surface area (Å²) in [5.41, 5.74) is 1.76. The highest BCUT2D eigenvalue weighted by molar-refractivity contribution is 7.80. The molecule has 1 atom stereocenters. The molecule has 0 aliphatic carbocycles. The number of amides is 1. The number of rotatable bonds is 14. The maximum atomic E-state index is 13.9. The first-order valence-corrected chi connectivity index (χ1v) is 21.9. The molecule has 4 aromatic rings. The number of aryl methyl sites for hydroxylation is 1. The first-order valence-electron chi connectivity index (χ1n) is 17.7. The summed E-state index contributed by atoms with van der Waals surface area (Å²) in [7, 11) is -1.39. The van der Waals surface area contributed by atoms with Gasteiger partial charge in [-0.1, -0.05) is 80.3 Å². The van der Waals surface area contributed by atoms with Crippen molar-refractivity contribution in [3.05, 3.63) is 101 Å². The number of carbonyl (C=O) groups is 1. The molecule has 288 valence electrons. The van der Waals surface area contributed by atoms with Gasteiger partial charge in [0.1, 0.15) is 19.0 Å². The van der Waals surface area contributed by atoms with Crippen LogP contribution in [0.15, 0.2) is 79.0 Å². The van der Waals surface area contributed by atoms with Crippen LogP contribution in [-0.2, 0) is 28.9 Å². The topological polar surface area (TPSA) is 107 Å². The lowest BCUT2D eigenvalue weighted by Crippen LogP contribution is -2.50. The van der Waals surface area contributed by atoms with Crippen LogP contribution in [-0.4, -0.2) is 66.7 Å². The van der Waals surface area contributed by atoms with Crippen molar-refractivity contribution in [3.8, 4) is 22.9 Å². The van der Waals surface area contributed by atoms with Crippen LogP contribution in [0.2, 0.25) is 25.7 Å². The van der Waals surface area contributed by atoms with Gasteiger partial charge < -0.3 is 34.5 Å². The molecule has 3 aromatic carbocycles. The number of likely N-dealkylation sites (tertiary alicyclic amines) is 1. The third-order valence-corrected chi connectivity index (χ3v) is 10.5. The highest BCUT2D eigenvalue weighted by atomic mass is 32.1. The van der Waals surface area contributed by atoms with E-state index in [9.17, 15) is 18.0 Å². The van der Waals surface area contributed by atoms with Gasteiger partial charge in [0.25, 0.3) is 5.88 Å². The summed E-state index contributed by atoms with van der Waals surface area (Å²) in [5.74, 6) is 0.228. The molecule has 1 amide bonds. The Bertz CT molecular complexity index is 1870. The molecule has 0 bridgehead atoms. The largest absolute Gasteiger partial charge is 0.470 e. The van der Waals surface area contributed by atoms with Crippen molar-refractivity contribution in [2.75, 3.05) is 31.8 Å². The number of ether oxygens (including phenoxy) is 4. The maximum absolute atomic E-state index is 13.9. The van der Waals surface area contributed by atoms with Gasteiger partial charge in [0.2, 0.25) is 0 Å². The highest BCUT2D eigenvalue weighted by Crippen LogP contribution is 2.40. The van der Waals surface area contributed by atoms with E-state index in [2.05, 4.69) is 35.3 Å². The molecule has 54 heavy (non-hydrogen) atoms. The van der Waals surface area contributed by atoms with Crippen molar-refractivity contribution in [1.82, 2.24) is 20.2 Å². The fourth-order valence-electron chi connectivity index (χ4n) is 5.71. The minimum atomic E-state index is -4.60. The second kappa shape index (κ2) is 18.5. The summed E-state index contributed by atoms with van der Waals surface area (Å²) in [6.07, 6.45) is -2.10. The third-order valence-electron chi connectivity index (χ3n) is 8.59. The molecule has 0 spiro atoms. The number of halogens is 3. The first kappa shape index (κ1) is 40.5. The Labute approximate surface area is 320 Å². The first-order chi connectivity index (χ1) is 25.7. The molecular formula is C39H46F3N5O5SSi. The molecule has 10 nitrogen and oxygen atoms in total. The highest BCUT2D eigenvalue weighted by Gasteiger charge is 2.33. The Morgan fingerprint density at radius 1 is 1.00 bits per heavy atom. The van der Waals surface area contributed by atoms with E-state index in [0.29, 0.717) is 25.3 Å². The zero-order chi connectivity index (χ0) is 38.7. The summed E-state index contributed by atoms with van der Waals surface area (Å²) >= 11 is 5.71. The van der Waals surface area contributed by atoms with Crippen LogP contribution in [0.3, 0.4) is 0 Å². The van der Waals surface area contributed by atoms with E-state index in [1.54, 1.807) is 11.8 Å². The molecule has 5 rings (SSSR count). The minimum Gasteiger partial charge on any atom is -0.470 e. The van der Waals surface area contributed by atoms with Gasteiger partial charge in [-0.25, -0.2) is 14.8 Å². The second-order valence-corrected chi connectivity index (χ2v) is 20.3. The van der Waals surface area contributed by atoms with Gasteiger partial charge in [-0.3, -0.25) is 0 Å². The van der Waals surface area contributed by atoms with E-state index >= 15 is 0 Å². The Kier molecular flexibility index (Phi) is 13.9. The van der Waals surface area contributed by atoms with Crippen molar-refractivity contribution in [3.63, 3.8) is 0 Å². The van der Waals surface area contributed by atoms with Gasteiger partial charge in [0, 0.05) is 39.4 Å². The van der Waals surface area contributed by atoms with Crippen molar-refractivity contribution < 1.29 is 36.9 Å². The number of piperidine rings is 1. The third kappa shape index (κ3) is 12.1. The van der Waals surface area contributed by atoms with E-state index in [4.69, 9.17) is 36.1 Å². The van der Waals surface area contributed by atoms with Crippen molar-refractivity contribution in [2.45, 2.75) is 70.9 Å². The fraction of sp³-hybridized carbons (Fsp3) is 0.385. The van der Waals surface area contributed by atoms with Crippen LogP contribution in [0.25, 0.3) is 11.3 Å². The van der Waals surface area contributed by atoms with Crippen molar-refractivity contribution in [2.24, 2.45) is 0 Å². The zero-order valence-electron chi connectivity index (χ0n) is 30.9. The molecule has 2 heterocycles. The molecule has 0 radical (unpaired) electrons. The minimum absolute atomic E-state index is 0.0457. The number of hydrogen-bond donors (Lipinski definition) is 2. The van der Waals surface area contributed by atoms with Gasteiger partial charge in [-0.15, -0.1) is 0 Å². The number of thiocarbonyl (C=S) groups is 1. The Balaban J connectivity index is 1.35. The monoisotopic (exact) mass is 781 g/mol. The van der Waals surface area contributed by atoms with Crippen LogP contribution in [0.1, 0.15) is 35.1 Å². The Morgan fingerprint density at radius 2 is 1.69 bits per heavy atom. The molecule has 1 aliphatic heterocycles. The van der Waals surface area contributed by atoms with Gasteiger partial charge in [-0.05, 0) is 66.9 Å². The summed E-state index contributed by atoms with van der Waals surface area (Å²) in [6.45, 7) is 9.64. The SMILES string of the molecule is Cc1cc(C(F)(F)F)cc(OCOCC[Si](C)(C)C)c1-c1cnc(OCc2ccccc2)c(NC(=S)N[C@@H]2CCCN(C(=O)OCc3ccccc3)C2)n1. The molecule has 1 aromatic heterocycles. The number of benzene rings is 3. The summed E-state index contributed by atoms with van der Waals surface area (Å²) in [6, 6.07) is 21.6. The van der Waals surface area contributed by atoms with Crippen LogP contribution in [0.5, 0.6) is 11.6 Å². The van der Waals surface area contributed by atoms with E-state index in [-0.39, 0.29) is 59.9 Å². The van der Waals surface area contributed by atoms with Crippen LogP contribution in [0, 0.1) is 6.92 Å². The molecule has 2 N–H and O–H groups in total. The van der Waals surface area contributed by atoms with Gasteiger partial charge in [0.05, 0.1) is 17.5 Å². The predicted octanol–water partition coefficient (Wildman–Crippen LogP) is 8.83. The van der Waals surface area contributed by atoms with Crippen LogP contribution < -0.4 is 20.1 Å². The predicted molar refractivity (Wildman–Crippen MR) is 208 cm³/mol. The van der Waals surface area contributed by atoms with Gasteiger partial charge in [0.15, 0.2) is 17.7 Å². The molecule has 0 saturated carbocycles. The molecular weight excluding hydrogens is 736 g/mol. The average molecular weight is 782 g/mol. The average Bonchev–Trinajstić information content (AvgIpc) is 3.13. The Hall–Kier alpha value is -4.73. The van der Waals surface area contributed by atoms with Gasteiger partial charge >= 0.3 is 12.3 Å². The fourth-order valence-corrected chi connectivity index (χ4v) is 6.73. The number of nitrogens with one attached hydrogen (secondary N) is 2. The van der Waals surface area contributed by atoms with Crippen molar-refractivity contribution >= 4 is 37.3 Å². The second-order valence-electron chi connectivity index (χ2n) is 14.3. The van der Waals surface area contributed by atoms with E-state index in [0.717, 1.165) is 42.1 Å². The quantitative estimate of drug-likeness (QED) is 0.0558. The van der Waals surface area contributed by atoms with Crippen LogP contribution >= 0.6 is 12.2 Å². The molecule has 0 unspecified atom stereocenters. The smallest absolute Gasteiger partial charge is 0.416 e. The number of aromatic nitrogens is 2. The number of alkyl halides is 3. The number of anilines is 1. The lowest BCUT2D eigenvalue weighted by Gasteiger charge is -2.33. The summed E-state index contributed by atoms with van der Waals surface area (Å²) in [4.78, 5) is 23.8. The molecule has 1 aliphatic rings. The summed E-state index contributed by atoms with van der Waals surface area (Å²) in [5, 5.41) is 6.56. The molecule has 15 heteroatoms. The number of hydrogen-bond acceptors (Lipinski definition) is 8. The van der Waals surface area contributed by atoms with E-state index in [1.165, 1.54) is 6.20 Å². The number of nitrogens with zero attached hydrogens (tertiary/aromatic N) is 3. The normalized spacial score (nSPS) is 14.6. The molecule has 1 saturated heterocycles. The Morgan fingerprint density at radius 3 is 2.35 bits per heavy atom.